The molecule has 2 fully saturated rings. The summed E-state index contributed by atoms with van der Waals surface area (Å²) < 4.78 is 0. The molecule has 0 aromatic carbocycles. The number of aliphatic carboxylic acids is 1. The lowest BCUT2D eigenvalue weighted by Crippen LogP contribution is -2.35. The molecule has 0 aromatic rings. The van der Waals surface area contributed by atoms with Crippen LogP contribution >= 0.6 is 0 Å². The van der Waals surface area contributed by atoms with E-state index < -0.39 is 11.4 Å². The van der Waals surface area contributed by atoms with Crippen molar-refractivity contribution in [3.8, 4) is 0 Å². The van der Waals surface area contributed by atoms with E-state index in [1.807, 2.05) is 0 Å². The van der Waals surface area contributed by atoms with E-state index in [0.717, 1.165) is 83.5 Å². The number of carbonyl (C=O) groups is 1. The van der Waals surface area contributed by atoms with Crippen molar-refractivity contribution in [1.29, 1.82) is 0 Å². The highest BCUT2D eigenvalue weighted by Gasteiger charge is 2.34. The molecular weight excluding hydrogens is 428 g/mol. The normalized spacial score (nSPS) is 30.9. The molecule has 0 radical (unpaired) electrons. The zero-order valence-corrected chi connectivity index (χ0v) is 22.5. The van der Waals surface area contributed by atoms with Gasteiger partial charge in [0.1, 0.15) is 0 Å². The van der Waals surface area contributed by atoms with Crippen LogP contribution < -0.4 is 0 Å². The Bertz CT molecular complexity index is 601. The van der Waals surface area contributed by atoms with Crippen molar-refractivity contribution in [1.82, 2.24) is 0 Å². The molecule has 0 bridgehead atoms. The molecule has 34 heavy (non-hydrogen) atoms. The van der Waals surface area contributed by atoms with Gasteiger partial charge in [-0.3, -0.25) is 4.79 Å². The Morgan fingerprint density at radius 3 is 1.47 bits per heavy atom. The smallest absolute Gasteiger partial charge is 0.309 e. The topological polar surface area (TPSA) is 98.0 Å². The molecule has 0 aliphatic heterocycles. The molecule has 5 heteroatoms. The highest BCUT2D eigenvalue weighted by Crippen LogP contribution is 2.39. The Morgan fingerprint density at radius 1 is 0.706 bits per heavy atom. The second-order valence-electron chi connectivity index (χ2n) is 13.1. The minimum absolute atomic E-state index is 0.0236. The zero-order valence-electron chi connectivity index (χ0n) is 22.5. The van der Waals surface area contributed by atoms with E-state index in [0.29, 0.717) is 30.1 Å². The number of aliphatic hydroxyl groups excluding tert-OH is 3. The van der Waals surface area contributed by atoms with Crippen molar-refractivity contribution in [3.63, 3.8) is 0 Å². The van der Waals surface area contributed by atoms with Crippen LogP contribution in [0.1, 0.15) is 124 Å². The highest BCUT2D eigenvalue weighted by atomic mass is 16.4. The predicted molar refractivity (Wildman–Crippen MR) is 138 cm³/mol. The second kappa shape index (κ2) is 13.6. The van der Waals surface area contributed by atoms with Crippen LogP contribution in [0.5, 0.6) is 0 Å². The Kier molecular flexibility index (Phi) is 11.8. The van der Waals surface area contributed by atoms with Gasteiger partial charge in [-0.1, -0.05) is 46.0 Å². The van der Waals surface area contributed by atoms with Crippen molar-refractivity contribution in [3.05, 3.63) is 0 Å². The summed E-state index contributed by atoms with van der Waals surface area (Å²) in [6.07, 6.45) is 15.0. The predicted octanol–water partition coefficient (Wildman–Crippen LogP) is 6.18. The number of rotatable bonds is 14. The largest absolute Gasteiger partial charge is 0.481 e. The summed E-state index contributed by atoms with van der Waals surface area (Å²) >= 11 is 0. The van der Waals surface area contributed by atoms with E-state index >= 15 is 0 Å². The maximum atomic E-state index is 11.3. The molecule has 2 rings (SSSR count). The zero-order chi connectivity index (χ0) is 25.4. The summed E-state index contributed by atoms with van der Waals surface area (Å²) in [7, 11) is 0. The van der Waals surface area contributed by atoms with Gasteiger partial charge in [-0.25, -0.2) is 0 Å². The number of hydrogen-bond donors (Lipinski definition) is 4. The molecule has 6 atom stereocenters. The van der Waals surface area contributed by atoms with Crippen LogP contribution in [-0.2, 0) is 4.79 Å². The summed E-state index contributed by atoms with van der Waals surface area (Å²) in [6.45, 7) is 8.00. The summed E-state index contributed by atoms with van der Waals surface area (Å²) in [4.78, 5) is 11.3. The van der Waals surface area contributed by atoms with Crippen molar-refractivity contribution < 1.29 is 25.2 Å². The van der Waals surface area contributed by atoms with E-state index in [1.165, 1.54) is 6.42 Å². The number of hydrogen-bond acceptors (Lipinski definition) is 4. The average molecular weight is 483 g/mol. The monoisotopic (exact) mass is 482 g/mol. The minimum atomic E-state index is -0.740. The molecule has 0 heterocycles. The Hall–Kier alpha value is -0.650. The Morgan fingerprint density at radius 2 is 1.09 bits per heavy atom. The average Bonchev–Trinajstić information content (AvgIpc) is 2.78. The highest BCUT2D eigenvalue weighted by molar-refractivity contribution is 5.73. The van der Waals surface area contributed by atoms with Crippen LogP contribution in [0.15, 0.2) is 0 Å². The standard InChI is InChI=1S/C29H54O5/c1-28(2,20-30)18-8-16-23-14-6-12-21(25(23)31)10-5-11-22-13-7-15-24(26(22)32)17-9-19-29(3,4)27(33)34/h21-26,30-32H,5-20H2,1-4H3,(H,33,34). The van der Waals surface area contributed by atoms with Gasteiger partial charge in [0.25, 0.3) is 0 Å². The van der Waals surface area contributed by atoms with E-state index in [1.54, 1.807) is 13.8 Å². The lowest BCUT2D eigenvalue weighted by atomic mass is 9.72. The number of carboxylic acids is 1. The quantitative estimate of drug-likeness (QED) is 0.237. The van der Waals surface area contributed by atoms with Gasteiger partial charge in [-0.2, -0.15) is 0 Å². The fourth-order valence-electron chi connectivity index (χ4n) is 6.47. The maximum Gasteiger partial charge on any atom is 0.309 e. The number of aliphatic hydroxyl groups is 3. The van der Waals surface area contributed by atoms with E-state index in [4.69, 9.17) is 0 Å². The van der Waals surface area contributed by atoms with Gasteiger partial charge in [0.2, 0.25) is 0 Å². The van der Waals surface area contributed by atoms with Gasteiger partial charge in [0.05, 0.1) is 17.6 Å². The molecule has 0 aromatic heterocycles. The van der Waals surface area contributed by atoms with Crippen molar-refractivity contribution in [2.24, 2.45) is 34.5 Å². The first-order valence-corrected chi connectivity index (χ1v) is 14.2. The first-order valence-electron chi connectivity index (χ1n) is 14.2. The molecule has 2 aliphatic rings. The SMILES string of the molecule is CC(C)(CO)CCCC1CCCC(CCCC2CCCC(CCCC(C)(C)C(=O)O)C2O)C1O. The van der Waals surface area contributed by atoms with Crippen molar-refractivity contribution in [2.45, 2.75) is 136 Å². The van der Waals surface area contributed by atoms with Crippen LogP contribution in [0.3, 0.4) is 0 Å². The summed E-state index contributed by atoms with van der Waals surface area (Å²) in [5.41, 5.74) is -0.711. The lowest BCUT2D eigenvalue weighted by molar-refractivity contribution is -0.147. The molecule has 0 spiro atoms. The summed E-state index contributed by atoms with van der Waals surface area (Å²) in [5.74, 6) is 0.697. The van der Waals surface area contributed by atoms with Crippen molar-refractivity contribution >= 4 is 5.97 Å². The van der Waals surface area contributed by atoms with Gasteiger partial charge in [-0.15, -0.1) is 0 Å². The molecule has 2 saturated carbocycles. The molecule has 6 unspecified atom stereocenters. The fourth-order valence-corrected chi connectivity index (χ4v) is 6.47. The van der Waals surface area contributed by atoms with E-state index in [-0.39, 0.29) is 24.2 Å². The van der Waals surface area contributed by atoms with E-state index in [2.05, 4.69) is 13.8 Å². The van der Waals surface area contributed by atoms with Crippen LogP contribution in [0, 0.1) is 34.5 Å². The first-order chi connectivity index (χ1) is 16.0. The third-order valence-corrected chi connectivity index (χ3v) is 9.19. The molecule has 0 amide bonds. The van der Waals surface area contributed by atoms with Crippen LogP contribution in [0.2, 0.25) is 0 Å². The van der Waals surface area contributed by atoms with E-state index in [9.17, 15) is 25.2 Å². The maximum absolute atomic E-state index is 11.3. The number of carboxylic acid groups (broad SMARTS) is 1. The van der Waals surface area contributed by atoms with Gasteiger partial charge in [0.15, 0.2) is 0 Å². The molecule has 2 aliphatic carbocycles. The van der Waals surface area contributed by atoms with Gasteiger partial charge in [0, 0.05) is 6.61 Å². The summed E-state index contributed by atoms with van der Waals surface area (Å²) in [5, 5.41) is 40.8. The molecule has 5 nitrogen and oxygen atoms in total. The molecule has 200 valence electrons. The van der Waals surface area contributed by atoms with Crippen molar-refractivity contribution in [2.75, 3.05) is 6.61 Å². The fraction of sp³-hybridized carbons (Fsp3) is 0.966. The van der Waals surface area contributed by atoms with Crippen LogP contribution in [-0.4, -0.2) is 45.2 Å². The minimum Gasteiger partial charge on any atom is -0.481 e. The lowest BCUT2D eigenvalue weighted by Gasteiger charge is -2.37. The third kappa shape index (κ3) is 9.09. The Labute approximate surface area is 208 Å². The van der Waals surface area contributed by atoms with Gasteiger partial charge in [-0.05, 0) is 107 Å². The second-order valence-corrected chi connectivity index (χ2v) is 13.1. The van der Waals surface area contributed by atoms with Crippen LogP contribution in [0.4, 0.5) is 0 Å². The molecular formula is C29H54O5. The van der Waals surface area contributed by atoms with Gasteiger partial charge < -0.3 is 20.4 Å². The molecule has 4 N–H and O–H groups in total. The molecule has 0 saturated heterocycles. The third-order valence-electron chi connectivity index (χ3n) is 9.19. The summed E-state index contributed by atoms with van der Waals surface area (Å²) in [6, 6.07) is 0. The van der Waals surface area contributed by atoms with Gasteiger partial charge >= 0.3 is 5.97 Å². The Balaban J connectivity index is 1.72. The first kappa shape index (κ1) is 29.6. The van der Waals surface area contributed by atoms with Crippen LogP contribution in [0.25, 0.3) is 0 Å².